The van der Waals surface area contributed by atoms with Crippen LogP contribution in [0.1, 0.15) is 25.3 Å². The Bertz CT molecular complexity index is 441. The van der Waals surface area contributed by atoms with Gasteiger partial charge in [0.1, 0.15) is 0 Å². The minimum atomic E-state index is -0.379. The van der Waals surface area contributed by atoms with E-state index in [1.54, 1.807) is 7.11 Å². The lowest BCUT2D eigenvalue weighted by atomic mass is 9.72. The normalized spacial score (nSPS) is 17.4. The highest BCUT2D eigenvalue weighted by molar-refractivity contribution is 5.88. The van der Waals surface area contributed by atoms with Gasteiger partial charge >= 0.3 is 0 Å². The molecule has 0 aliphatic carbocycles. The van der Waals surface area contributed by atoms with Gasteiger partial charge in [-0.15, -0.1) is 0 Å². The van der Waals surface area contributed by atoms with Crippen molar-refractivity contribution in [3.8, 4) is 0 Å². The van der Waals surface area contributed by atoms with E-state index in [1.165, 1.54) is 0 Å². The van der Waals surface area contributed by atoms with Crippen LogP contribution in [-0.4, -0.2) is 50.7 Å². The standard InChI is InChI=1S/C17H26N2O2/c1-3-19(13-14-21-2)16(20)17(9-11-18-12-10-17)15-7-5-4-6-8-15/h4-8,18H,3,9-14H2,1-2H3. The molecular weight excluding hydrogens is 264 g/mol. The van der Waals surface area contributed by atoms with Crippen molar-refractivity contribution in [2.75, 3.05) is 39.9 Å². The maximum atomic E-state index is 13.2. The van der Waals surface area contributed by atoms with Crippen molar-refractivity contribution in [1.29, 1.82) is 0 Å². The summed E-state index contributed by atoms with van der Waals surface area (Å²) in [6, 6.07) is 10.2. The van der Waals surface area contributed by atoms with Crippen LogP contribution in [0.25, 0.3) is 0 Å². The van der Waals surface area contributed by atoms with Gasteiger partial charge in [0.15, 0.2) is 0 Å². The number of methoxy groups -OCH3 is 1. The Hall–Kier alpha value is -1.39. The van der Waals surface area contributed by atoms with Crippen LogP contribution in [0.5, 0.6) is 0 Å². The highest BCUT2D eigenvalue weighted by atomic mass is 16.5. The Balaban J connectivity index is 2.29. The number of likely N-dealkylation sites (N-methyl/N-ethyl adjacent to an activating group) is 1. The van der Waals surface area contributed by atoms with Crippen molar-refractivity contribution < 1.29 is 9.53 Å². The van der Waals surface area contributed by atoms with Gasteiger partial charge in [-0.3, -0.25) is 4.79 Å². The van der Waals surface area contributed by atoms with Gasteiger partial charge < -0.3 is 15.0 Å². The Morgan fingerprint density at radius 3 is 2.52 bits per heavy atom. The molecule has 0 aromatic heterocycles. The molecule has 1 amide bonds. The molecule has 2 rings (SSSR count). The third-order valence-electron chi connectivity index (χ3n) is 4.43. The smallest absolute Gasteiger partial charge is 0.233 e. The number of carbonyl (C=O) groups is 1. The van der Waals surface area contributed by atoms with Crippen LogP contribution < -0.4 is 5.32 Å². The zero-order valence-electron chi connectivity index (χ0n) is 13.1. The highest BCUT2D eigenvalue weighted by Gasteiger charge is 2.43. The lowest BCUT2D eigenvalue weighted by Gasteiger charge is -2.40. The first-order valence-corrected chi connectivity index (χ1v) is 7.79. The average molecular weight is 290 g/mol. The second-order valence-electron chi connectivity index (χ2n) is 5.58. The molecule has 21 heavy (non-hydrogen) atoms. The van der Waals surface area contributed by atoms with Gasteiger partial charge in [0.2, 0.25) is 5.91 Å². The third-order valence-corrected chi connectivity index (χ3v) is 4.43. The SMILES string of the molecule is CCN(CCOC)C(=O)C1(c2ccccc2)CCNCC1. The predicted octanol–water partition coefficient (Wildman–Crippen LogP) is 1.80. The third kappa shape index (κ3) is 3.44. The van der Waals surface area contributed by atoms with Crippen LogP contribution in [0.15, 0.2) is 30.3 Å². The van der Waals surface area contributed by atoms with Gasteiger partial charge in [-0.2, -0.15) is 0 Å². The second kappa shape index (κ2) is 7.57. The van der Waals surface area contributed by atoms with E-state index < -0.39 is 0 Å². The molecule has 4 nitrogen and oxygen atoms in total. The number of rotatable bonds is 6. The molecule has 0 bridgehead atoms. The number of hydrogen-bond donors (Lipinski definition) is 1. The fraction of sp³-hybridized carbons (Fsp3) is 0.588. The summed E-state index contributed by atoms with van der Waals surface area (Å²) < 4.78 is 5.14. The molecule has 0 saturated carbocycles. The minimum Gasteiger partial charge on any atom is -0.383 e. The quantitative estimate of drug-likeness (QED) is 0.868. The zero-order valence-corrected chi connectivity index (χ0v) is 13.1. The molecule has 1 aromatic carbocycles. The largest absolute Gasteiger partial charge is 0.383 e. The van der Waals surface area contributed by atoms with Crippen molar-refractivity contribution in [1.82, 2.24) is 10.2 Å². The van der Waals surface area contributed by atoms with E-state index in [0.717, 1.165) is 38.0 Å². The van der Waals surface area contributed by atoms with Crippen molar-refractivity contribution >= 4 is 5.91 Å². The van der Waals surface area contributed by atoms with Crippen LogP contribution in [0.2, 0.25) is 0 Å². The zero-order chi connectivity index (χ0) is 15.1. The number of nitrogens with one attached hydrogen (secondary N) is 1. The minimum absolute atomic E-state index is 0.245. The van der Waals surface area contributed by atoms with Crippen LogP contribution in [0, 0.1) is 0 Å². The molecular formula is C17H26N2O2. The molecule has 1 N–H and O–H groups in total. The van der Waals surface area contributed by atoms with Crippen molar-refractivity contribution in [2.45, 2.75) is 25.2 Å². The lowest BCUT2D eigenvalue weighted by Crippen LogP contribution is -2.52. The maximum Gasteiger partial charge on any atom is 0.233 e. The number of piperidine rings is 1. The van der Waals surface area contributed by atoms with Gasteiger partial charge in [0.05, 0.1) is 12.0 Å². The summed E-state index contributed by atoms with van der Waals surface area (Å²) in [6.07, 6.45) is 1.72. The lowest BCUT2D eigenvalue weighted by molar-refractivity contribution is -0.139. The molecule has 1 aliphatic heterocycles. The molecule has 0 atom stereocenters. The summed E-state index contributed by atoms with van der Waals surface area (Å²) in [5, 5.41) is 3.37. The number of hydrogen-bond acceptors (Lipinski definition) is 3. The molecule has 0 radical (unpaired) electrons. The van der Waals surface area contributed by atoms with E-state index in [9.17, 15) is 4.79 Å². The van der Waals surface area contributed by atoms with E-state index in [-0.39, 0.29) is 11.3 Å². The van der Waals surface area contributed by atoms with E-state index >= 15 is 0 Å². The topological polar surface area (TPSA) is 41.6 Å². The van der Waals surface area contributed by atoms with Gasteiger partial charge in [-0.25, -0.2) is 0 Å². The first-order chi connectivity index (χ1) is 10.2. The van der Waals surface area contributed by atoms with Crippen molar-refractivity contribution in [3.05, 3.63) is 35.9 Å². The summed E-state index contributed by atoms with van der Waals surface area (Å²) in [4.78, 5) is 15.1. The van der Waals surface area contributed by atoms with Gasteiger partial charge in [-0.1, -0.05) is 30.3 Å². The summed E-state index contributed by atoms with van der Waals surface area (Å²) in [6.45, 7) is 5.79. The van der Waals surface area contributed by atoms with E-state index in [4.69, 9.17) is 4.74 Å². The molecule has 4 heteroatoms. The first kappa shape index (κ1) is 16.0. The van der Waals surface area contributed by atoms with Crippen molar-refractivity contribution in [2.24, 2.45) is 0 Å². The number of ether oxygens (including phenoxy) is 1. The fourth-order valence-electron chi connectivity index (χ4n) is 3.14. The number of carbonyl (C=O) groups excluding carboxylic acids is 1. The Morgan fingerprint density at radius 1 is 1.29 bits per heavy atom. The van der Waals surface area contributed by atoms with Crippen LogP contribution >= 0.6 is 0 Å². The Labute approximate surface area is 127 Å². The average Bonchev–Trinajstić information content (AvgIpc) is 2.56. The van der Waals surface area contributed by atoms with E-state index in [2.05, 4.69) is 17.4 Å². The van der Waals surface area contributed by atoms with Crippen LogP contribution in [0.4, 0.5) is 0 Å². The molecule has 1 aliphatic rings. The maximum absolute atomic E-state index is 13.2. The van der Waals surface area contributed by atoms with Gasteiger partial charge in [0, 0.05) is 20.2 Å². The number of benzene rings is 1. The van der Waals surface area contributed by atoms with Gasteiger partial charge in [0.25, 0.3) is 0 Å². The van der Waals surface area contributed by atoms with E-state index in [0.29, 0.717) is 13.2 Å². The summed E-state index contributed by atoms with van der Waals surface area (Å²) in [7, 11) is 1.68. The molecule has 1 fully saturated rings. The molecule has 1 heterocycles. The molecule has 0 unspecified atom stereocenters. The summed E-state index contributed by atoms with van der Waals surface area (Å²) in [5.41, 5.74) is 0.767. The molecule has 116 valence electrons. The highest BCUT2D eigenvalue weighted by Crippen LogP contribution is 2.35. The molecule has 1 aromatic rings. The monoisotopic (exact) mass is 290 g/mol. The number of nitrogens with zero attached hydrogens (tertiary/aromatic N) is 1. The predicted molar refractivity (Wildman–Crippen MR) is 84.4 cm³/mol. The molecule has 0 spiro atoms. The van der Waals surface area contributed by atoms with E-state index in [1.807, 2.05) is 30.0 Å². The fourth-order valence-corrected chi connectivity index (χ4v) is 3.14. The Kier molecular flexibility index (Phi) is 5.76. The van der Waals surface area contributed by atoms with Crippen LogP contribution in [-0.2, 0) is 14.9 Å². The first-order valence-electron chi connectivity index (χ1n) is 7.79. The summed E-state index contributed by atoms with van der Waals surface area (Å²) in [5.74, 6) is 0.245. The van der Waals surface area contributed by atoms with Crippen molar-refractivity contribution in [3.63, 3.8) is 0 Å². The van der Waals surface area contributed by atoms with Gasteiger partial charge in [-0.05, 0) is 38.4 Å². The molecule has 1 saturated heterocycles. The second-order valence-corrected chi connectivity index (χ2v) is 5.58. The summed E-state index contributed by atoms with van der Waals surface area (Å²) >= 11 is 0. The van der Waals surface area contributed by atoms with Crippen LogP contribution in [0.3, 0.4) is 0 Å². The number of amides is 1. The Morgan fingerprint density at radius 2 is 1.95 bits per heavy atom.